The highest BCUT2D eigenvalue weighted by Crippen LogP contribution is 2.41. The van der Waals surface area contributed by atoms with Crippen LogP contribution in [0.15, 0.2) is 103 Å². The van der Waals surface area contributed by atoms with E-state index in [0.717, 1.165) is 11.0 Å². The standard InChI is InChI=1S/C31H22N2.C2H6/c1-19-13-15-20(16-14-19)21-7-6-8-22(17-21)25-18-26-23-9-2-4-11-27(23)32-30(26)31-29(25)24-10-3-5-12-28(24)33-31;1-2/h2-18,32-33H,1H3;1-2H3. The third-order valence-electron chi connectivity index (χ3n) is 6.82. The molecule has 0 saturated heterocycles. The van der Waals surface area contributed by atoms with Crippen LogP contribution in [0.4, 0.5) is 0 Å². The lowest BCUT2D eigenvalue weighted by molar-refractivity contribution is 1.47. The van der Waals surface area contributed by atoms with Crippen LogP contribution in [-0.2, 0) is 0 Å². The third-order valence-corrected chi connectivity index (χ3v) is 6.82. The molecule has 0 unspecified atom stereocenters. The second-order valence-corrected chi connectivity index (χ2v) is 8.88. The van der Waals surface area contributed by atoms with E-state index >= 15 is 0 Å². The first-order valence-corrected chi connectivity index (χ1v) is 12.4. The van der Waals surface area contributed by atoms with Gasteiger partial charge in [0.2, 0.25) is 0 Å². The Kier molecular flexibility index (Phi) is 5.15. The Balaban J connectivity index is 0.00000112. The van der Waals surface area contributed by atoms with Crippen molar-refractivity contribution in [1.82, 2.24) is 9.97 Å². The van der Waals surface area contributed by atoms with Crippen LogP contribution >= 0.6 is 0 Å². The molecule has 35 heavy (non-hydrogen) atoms. The van der Waals surface area contributed by atoms with Gasteiger partial charge in [-0.1, -0.05) is 98.3 Å². The molecule has 0 aliphatic carbocycles. The first-order chi connectivity index (χ1) is 17.3. The van der Waals surface area contributed by atoms with Crippen molar-refractivity contribution in [2.24, 2.45) is 0 Å². The van der Waals surface area contributed by atoms with E-state index < -0.39 is 0 Å². The van der Waals surface area contributed by atoms with Gasteiger partial charge in [-0.3, -0.25) is 0 Å². The van der Waals surface area contributed by atoms with Gasteiger partial charge in [0, 0.05) is 32.6 Å². The SMILES string of the molecule is CC.Cc1ccc(-c2cccc(-c3cc4c5ccccc5[nH]c4c4[nH]c5ccccc5c34)c2)cc1. The zero-order valence-corrected chi connectivity index (χ0v) is 20.3. The molecule has 0 amide bonds. The number of fused-ring (bicyclic) bond motifs is 7. The number of para-hydroxylation sites is 2. The van der Waals surface area contributed by atoms with Gasteiger partial charge in [-0.15, -0.1) is 0 Å². The number of hydrogen-bond donors (Lipinski definition) is 2. The van der Waals surface area contributed by atoms with Crippen molar-refractivity contribution in [2.45, 2.75) is 20.8 Å². The van der Waals surface area contributed by atoms with Gasteiger partial charge in [0.25, 0.3) is 0 Å². The molecule has 5 aromatic carbocycles. The second kappa shape index (κ2) is 8.48. The summed E-state index contributed by atoms with van der Waals surface area (Å²) in [4.78, 5) is 7.39. The predicted molar refractivity (Wildman–Crippen MR) is 152 cm³/mol. The van der Waals surface area contributed by atoms with Crippen molar-refractivity contribution in [3.63, 3.8) is 0 Å². The highest BCUT2D eigenvalue weighted by atomic mass is 14.8. The summed E-state index contributed by atoms with van der Waals surface area (Å²) in [6.07, 6.45) is 0. The van der Waals surface area contributed by atoms with Crippen LogP contribution in [0.5, 0.6) is 0 Å². The van der Waals surface area contributed by atoms with Gasteiger partial charge in [-0.2, -0.15) is 0 Å². The van der Waals surface area contributed by atoms with E-state index in [1.807, 2.05) is 13.8 Å². The van der Waals surface area contributed by atoms with Crippen molar-refractivity contribution < 1.29 is 0 Å². The first-order valence-electron chi connectivity index (χ1n) is 12.4. The first kappa shape index (κ1) is 21.2. The molecular weight excluding hydrogens is 424 g/mol. The summed E-state index contributed by atoms with van der Waals surface area (Å²) in [5.41, 5.74) is 10.9. The summed E-state index contributed by atoms with van der Waals surface area (Å²) >= 11 is 0. The van der Waals surface area contributed by atoms with Crippen molar-refractivity contribution in [3.05, 3.63) is 109 Å². The number of aromatic nitrogens is 2. The highest BCUT2D eigenvalue weighted by Gasteiger charge is 2.17. The lowest BCUT2D eigenvalue weighted by Gasteiger charge is -2.10. The molecule has 2 N–H and O–H groups in total. The van der Waals surface area contributed by atoms with E-state index in [-0.39, 0.29) is 0 Å². The minimum Gasteiger partial charge on any atom is -0.353 e. The highest BCUT2D eigenvalue weighted by molar-refractivity contribution is 6.26. The molecule has 7 aromatic rings. The molecular formula is C33H28N2. The zero-order valence-electron chi connectivity index (χ0n) is 20.3. The van der Waals surface area contributed by atoms with Crippen LogP contribution < -0.4 is 0 Å². The maximum absolute atomic E-state index is 3.71. The number of aryl methyl sites for hydroxylation is 1. The number of nitrogens with one attached hydrogen (secondary N) is 2. The molecule has 2 aromatic heterocycles. The molecule has 2 nitrogen and oxygen atoms in total. The van der Waals surface area contributed by atoms with Crippen molar-refractivity contribution >= 4 is 43.6 Å². The van der Waals surface area contributed by atoms with E-state index in [1.165, 1.54) is 60.4 Å². The minimum atomic E-state index is 1.16. The summed E-state index contributed by atoms with van der Waals surface area (Å²) in [5, 5.41) is 5.03. The van der Waals surface area contributed by atoms with Crippen LogP contribution in [0.2, 0.25) is 0 Å². The van der Waals surface area contributed by atoms with E-state index in [0.29, 0.717) is 0 Å². The molecule has 0 aliphatic heterocycles. The zero-order chi connectivity index (χ0) is 23.9. The third kappa shape index (κ3) is 3.41. The van der Waals surface area contributed by atoms with Gasteiger partial charge < -0.3 is 9.97 Å². The molecule has 7 rings (SSSR count). The molecule has 2 heterocycles. The fraction of sp³-hybridized carbons (Fsp3) is 0.0909. The van der Waals surface area contributed by atoms with Crippen molar-refractivity contribution in [2.75, 3.05) is 0 Å². The molecule has 170 valence electrons. The molecule has 0 saturated carbocycles. The summed E-state index contributed by atoms with van der Waals surface area (Å²) in [6, 6.07) is 37.2. The lowest BCUT2D eigenvalue weighted by Crippen LogP contribution is -1.84. The van der Waals surface area contributed by atoms with Gasteiger partial charge in [0.1, 0.15) is 0 Å². The van der Waals surface area contributed by atoms with Crippen molar-refractivity contribution in [1.29, 1.82) is 0 Å². The molecule has 0 atom stereocenters. The number of H-pyrrole nitrogens is 2. The fourth-order valence-corrected chi connectivity index (χ4v) is 5.18. The smallest absolute Gasteiger partial charge is 0.0716 e. The molecule has 0 fully saturated rings. The van der Waals surface area contributed by atoms with Gasteiger partial charge in [-0.05, 0) is 53.4 Å². The van der Waals surface area contributed by atoms with Gasteiger partial charge >= 0.3 is 0 Å². The molecule has 0 bridgehead atoms. The number of aromatic amines is 2. The Morgan fingerprint density at radius 3 is 1.89 bits per heavy atom. The topological polar surface area (TPSA) is 31.6 Å². The van der Waals surface area contributed by atoms with Gasteiger partial charge in [0.15, 0.2) is 0 Å². The van der Waals surface area contributed by atoms with Crippen LogP contribution in [0, 0.1) is 6.92 Å². The predicted octanol–water partition coefficient (Wildman–Crippen LogP) is 9.62. The summed E-state index contributed by atoms with van der Waals surface area (Å²) in [6.45, 7) is 6.13. The average Bonchev–Trinajstić information content (AvgIpc) is 3.49. The Labute approximate surface area is 205 Å². The minimum absolute atomic E-state index is 1.16. The summed E-state index contributed by atoms with van der Waals surface area (Å²) in [5.74, 6) is 0. The maximum atomic E-state index is 3.71. The van der Waals surface area contributed by atoms with E-state index in [2.05, 4.69) is 120 Å². The number of rotatable bonds is 2. The van der Waals surface area contributed by atoms with Crippen LogP contribution in [0.1, 0.15) is 19.4 Å². The van der Waals surface area contributed by atoms with Gasteiger partial charge in [0.05, 0.1) is 11.0 Å². The quantitative estimate of drug-likeness (QED) is 0.262. The summed E-state index contributed by atoms with van der Waals surface area (Å²) in [7, 11) is 0. The van der Waals surface area contributed by atoms with Gasteiger partial charge in [-0.25, -0.2) is 0 Å². The average molecular weight is 453 g/mol. The monoisotopic (exact) mass is 452 g/mol. The Hall–Kier alpha value is -4.30. The second-order valence-electron chi connectivity index (χ2n) is 8.88. The number of hydrogen-bond acceptors (Lipinski definition) is 0. The van der Waals surface area contributed by atoms with E-state index in [1.54, 1.807) is 0 Å². The molecule has 0 aliphatic rings. The Morgan fingerprint density at radius 2 is 1.11 bits per heavy atom. The largest absolute Gasteiger partial charge is 0.353 e. The van der Waals surface area contributed by atoms with Crippen LogP contribution in [0.25, 0.3) is 65.9 Å². The summed E-state index contributed by atoms with van der Waals surface area (Å²) < 4.78 is 0. The Morgan fingerprint density at radius 1 is 0.486 bits per heavy atom. The van der Waals surface area contributed by atoms with Crippen LogP contribution in [-0.4, -0.2) is 9.97 Å². The maximum Gasteiger partial charge on any atom is 0.0716 e. The normalized spacial score (nSPS) is 11.3. The molecule has 2 heteroatoms. The van der Waals surface area contributed by atoms with Crippen LogP contribution in [0.3, 0.4) is 0 Å². The lowest BCUT2D eigenvalue weighted by atomic mass is 9.94. The van der Waals surface area contributed by atoms with E-state index in [9.17, 15) is 0 Å². The Bertz CT molecular complexity index is 1810. The molecule has 0 spiro atoms. The van der Waals surface area contributed by atoms with Crippen molar-refractivity contribution in [3.8, 4) is 22.3 Å². The fourth-order valence-electron chi connectivity index (χ4n) is 5.18. The van der Waals surface area contributed by atoms with E-state index in [4.69, 9.17) is 0 Å². The number of benzene rings is 5. The molecule has 0 radical (unpaired) electrons.